The minimum Gasteiger partial charge on any atom is -0.493 e. The predicted molar refractivity (Wildman–Crippen MR) is 115 cm³/mol. The fourth-order valence-electron chi connectivity index (χ4n) is 4.19. The van der Waals surface area contributed by atoms with Gasteiger partial charge in [0.2, 0.25) is 0 Å². The van der Waals surface area contributed by atoms with Crippen molar-refractivity contribution in [2.75, 3.05) is 28.4 Å². The maximum absolute atomic E-state index is 9.76. The third-order valence-corrected chi connectivity index (χ3v) is 5.77. The maximum Gasteiger partial charge on any atom is 0.161 e. The number of benzene rings is 2. The number of ether oxygens (including phenoxy) is 4. The van der Waals surface area contributed by atoms with E-state index in [1.165, 1.54) is 0 Å². The van der Waals surface area contributed by atoms with Crippen LogP contribution in [-0.4, -0.2) is 39.4 Å². The van der Waals surface area contributed by atoms with Crippen LogP contribution in [0.15, 0.2) is 41.6 Å². The number of hydrogen-bond donors (Lipinski definition) is 2. The molecule has 0 spiro atoms. The van der Waals surface area contributed by atoms with Gasteiger partial charge in [-0.1, -0.05) is 24.2 Å². The van der Waals surface area contributed by atoms with Crippen LogP contribution < -0.4 is 24.3 Å². The molecule has 0 aromatic heterocycles. The van der Waals surface area contributed by atoms with E-state index in [0.29, 0.717) is 29.4 Å². The molecule has 0 amide bonds. The molecule has 0 aliphatic carbocycles. The zero-order valence-electron chi connectivity index (χ0n) is 18.1. The number of hydrogen-bond acceptors (Lipinski definition) is 7. The Balaban J connectivity index is 2.00. The van der Waals surface area contributed by atoms with Gasteiger partial charge < -0.3 is 29.5 Å². The van der Waals surface area contributed by atoms with Gasteiger partial charge in [0.05, 0.1) is 34.2 Å². The van der Waals surface area contributed by atoms with Crippen molar-refractivity contribution < 1.29 is 24.2 Å². The molecule has 1 heterocycles. The second-order valence-electron chi connectivity index (χ2n) is 7.24. The molecule has 2 aromatic rings. The lowest BCUT2D eigenvalue weighted by Crippen LogP contribution is -2.42. The van der Waals surface area contributed by atoms with Crippen LogP contribution in [0.2, 0.25) is 0 Å². The van der Waals surface area contributed by atoms with Crippen molar-refractivity contribution in [2.24, 2.45) is 11.1 Å². The van der Waals surface area contributed by atoms with E-state index in [4.69, 9.17) is 18.9 Å². The van der Waals surface area contributed by atoms with Gasteiger partial charge in [0.25, 0.3) is 0 Å². The fourth-order valence-corrected chi connectivity index (χ4v) is 4.19. The van der Waals surface area contributed by atoms with Crippen LogP contribution in [0, 0.1) is 5.92 Å². The molecule has 0 radical (unpaired) electrons. The fraction of sp³-hybridized carbons (Fsp3) is 0.435. The van der Waals surface area contributed by atoms with Crippen LogP contribution in [0.3, 0.4) is 0 Å². The zero-order chi connectivity index (χ0) is 21.7. The van der Waals surface area contributed by atoms with E-state index in [-0.39, 0.29) is 18.0 Å². The second-order valence-corrected chi connectivity index (χ2v) is 7.24. The predicted octanol–water partition coefficient (Wildman–Crippen LogP) is 4.35. The largest absolute Gasteiger partial charge is 0.493 e. The van der Waals surface area contributed by atoms with Crippen molar-refractivity contribution in [1.82, 2.24) is 5.32 Å². The number of piperidine rings is 1. The summed E-state index contributed by atoms with van der Waals surface area (Å²) in [5, 5.41) is 17.2. The van der Waals surface area contributed by atoms with E-state index in [2.05, 4.69) is 17.4 Å². The molecule has 1 fully saturated rings. The van der Waals surface area contributed by atoms with Gasteiger partial charge in [0.1, 0.15) is 0 Å². The Morgan fingerprint density at radius 2 is 1.40 bits per heavy atom. The van der Waals surface area contributed by atoms with Crippen molar-refractivity contribution in [1.29, 1.82) is 0 Å². The highest BCUT2D eigenvalue weighted by Crippen LogP contribution is 2.41. The van der Waals surface area contributed by atoms with Crippen LogP contribution in [0.4, 0.5) is 0 Å². The monoisotopic (exact) mass is 414 g/mol. The highest BCUT2D eigenvalue weighted by atomic mass is 16.5. The summed E-state index contributed by atoms with van der Waals surface area (Å²) in [6, 6.07) is 11.7. The molecular weight excluding hydrogens is 384 g/mol. The van der Waals surface area contributed by atoms with Gasteiger partial charge >= 0.3 is 0 Å². The molecule has 3 atom stereocenters. The standard InChI is InChI=1S/C23H30N2O5/c1-6-16-18(25-26)13-17(14-7-9-19(27-2)21(11-14)29-4)24-23(16)15-8-10-20(28-3)22(12-15)30-5/h7-12,16-17,23-24,26H,6,13H2,1-5H3. The number of oxime groups is 1. The first-order valence-electron chi connectivity index (χ1n) is 10.0. The summed E-state index contributed by atoms with van der Waals surface area (Å²) in [5.41, 5.74) is 2.86. The van der Waals surface area contributed by atoms with Crippen LogP contribution in [0.5, 0.6) is 23.0 Å². The lowest BCUT2D eigenvalue weighted by molar-refractivity contribution is 0.286. The average Bonchev–Trinajstić information content (AvgIpc) is 2.81. The summed E-state index contributed by atoms with van der Waals surface area (Å²) in [4.78, 5) is 0. The van der Waals surface area contributed by atoms with Gasteiger partial charge in [-0.25, -0.2) is 0 Å². The van der Waals surface area contributed by atoms with Crippen molar-refractivity contribution >= 4 is 5.71 Å². The summed E-state index contributed by atoms with van der Waals surface area (Å²) in [5.74, 6) is 2.75. The first-order chi connectivity index (χ1) is 14.6. The Kier molecular flexibility index (Phi) is 7.05. The Hall–Kier alpha value is -2.93. The molecule has 7 nitrogen and oxygen atoms in total. The van der Waals surface area contributed by atoms with Crippen molar-refractivity contribution in [3.8, 4) is 23.0 Å². The average molecular weight is 415 g/mol. The molecule has 7 heteroatoms. The van der Waals surface area contributed by atoms with Crippen LogP contribution in [-0.2, 0) is 0 Å². The molecule has 1 aliphatic heterocycles. The summed E-state index contributed by atoms with van der Waals surface area (Å²) in [6.45, 7) is 2.10. The third kappa shape index (κ3) is 4.16. The molecule has 0 bridgehead atoms. The van der Waals surface area contributed by atoms with E-state index in [9.17, 15) is 5.21 Å². The lowest BCUT2D eigenvalue weighted by atomic mass is 9.79. The van der Waals surface area contributed by atoms with E-state index in [0.717, 1.165) is 23.3 Å². The number of methoxy groups -OCH3 is 4. The minimum atomic E-state index is -0.0486. The molecule has 1 saturated heterocycles. The van der Waals surface area contributed by atoms with Crippen LogP contribution in [0.25, 0.3) is 0 Å². The van der Waals surface area contributed by atoms with Gasteiger partial charge in [0, 0.05) is 24.4 Å². The zero-order valence-corrected chi connectivity index (χ0v) is 18.1. The van der Waals surface area contributed by atoms with E-state index < -0.39 is 0 Å². The lowest BCUT2D eigenvalue weighted by Gasteiger charge is -2.38. The van der Waals surface area contributed by atoms with Crippen LogP contribution >= 0.6 is 0 Å². The first kappa shape index (κ1) is 21.8. The van der Waals surface area contributed by atoms with Crippen molar-refractivity contribution in [3.05, 3.63) is 47.5 Å². The normalized spacial score (nSPS) is 22.6. The van der Waals surface area contributed by atoms with Gasteiger partial charge in [-0.15, -0.1) is 0 Å². The number of nitrogens with one attached hydrogen (secondary N) is 1. The highest BCUT2D eigenvalue weighted by molar-refractivity contribution is 5.88. The summed E-state index contributed by atoms with van der Waals surface area (Å²) < 4.78 is 21.7. The quantitative estimate of drug-likeness (QED) is 0.518. The van der Waals surface area contributed by atoms with Gasteiger partial charge in [-0.05, 0) is 41.8 Å². The topological polar surface area (TPSA) is 81.5 Å². The molecule has 30 heavy (non-hydrogen) atoms. The van der Waals surface area contributed by atoms with Crippen molar-refractivity contribution in [3.63, 3.8) is 0 Å². The Morgan fingerprint density at radius 3 is 1.90 bits per heavy atom. The summed E-state index contributed by atoms with van der Waals surface area (Å²) in [7, 11) is 6.48. The molecule has 3 rings (SSSR count). The van der Waals surface area contributed by atoms with E-state index in [1.54, 1.807) is 28.4 Å². The summed E-state index contributed by atoms with van der Waals surface area (Å²) in [6.07, 6.45) is 1.44. The molecule has 162 valence electrons. The third-order valence-electron chi connectivity index (χ3n) is 5.77. The second kappa shape index (κ2) is 9.71. The van der Waals surface area contributed by atoms with Gasteiger partial charge in [-0.2, -0.15) is 0 Å². The maximum atomic E-state index is 9.76. The SMILES string of the molecule is CCC1C(=NO)CC(c2ccc(OC)c(OC)c2)NC1c1ccc(OC)c(OC)c1. The van der Waals surface area contributed by atoms with E-state index in [1.807, 2.05) is 36.4 Å². The van der Waals surface area contributed by atoms with Crippen LogP contribution in [0.1, 0.15) is 43.0 Å². The number of nitrogens with zero attached hydrogens (tertiary/aromatic N) is 1. The number of rotatable bonds is 7. The Labute approximate surface area is 177 Å². The molecule has 0 saturated carbocycles. The van der Waals surface area contributed by atoms with Gasteiger partial charge in [-0.3, -0.25) is 0 Å². The highest BCUT2D eigenvalue weighted by Gasteiger charge is 2.36. The molecule has 2 N–H and O–H groups in total. The molecule has 3 unspecified atom stereocenters. The summed E-state index contributed by atoms with van der Waals surface area (Å²) >= 11 is 0. The minimum absolute atomic E-state index is 0.0448. The van der Waals surface area contributed by atoms with Crippen molar-refractivity contribution in [2.45, 2.75) is 31.8 Å². The smallest absolute Gasteiger partial charge is 0.161 e. The molecule has 2 aromatic carbocycles. The Morgan fingerprint density at radius 1 is 0.867 bits per heavy atom. The van der Waals surface area contributed by atoms with E-state index >= 15 is 0 Å². The van der Waals surface area contributed by atoms with Gasteiger partial charge in [0.15, 0.2) is 23.0 Å². The Bertz CT molecular complexity index is 899. The molecule has 1 aliphatic rings. The first-order valence-corrected chi connectivity index (χ1v) is 10.0. The molecular formula is C23H30N2O5.